The van der Waals surface area contributed by atoms with Crippen molar-refractivity contribution in [3.8, 4) is 0 Å². The Kier molecular flexibility index (Phi) is 3.84. The van der Waals surface area contributed by atoms with Crippen molar-refractivity contribution in [3.05, 3.63) is 18.0 Å². The van der Waals surface area contributed by atoms with Gasteiger partial charge in [-0.2, -0.15) is 5.10 Å². The lowest BCUT2D eigenvalue weighted by Crippen LogP contribution is -2.46. The van der Waals surface area contributed by atoms with Crippen LogP contribution in [0.3, 0.4) is 0 Å². The van der Waals surface area contributed by atoms with Gasteiger partial charge in [0.05, 0.1) is 6.20 Å². The van der Waals surface area contributed by atoms with Gasteiger partial charge in [-0.15, -0.1) is 0 Å². The molecule has 2 heterocycles. The lowest BCUT2D eigenvalue weighted by atomic mass is 10.1. The zero-order chi connectivity index (χ0) is 12.3. The van der Waals surface area contributed by atoms with Crippen molar-refractivity contribution in [2.45, 2.75) is 45.8 Å². The summed E-state index contributed by atoms with van der Waals surface area (Å²) in [5.74, 6) is 0. The normalized spacial score (nSPS) is 21.4. The van der Waals surface area contributed by atoms with Crippen molar-refractivity contribution in [1.29, 1.82) is 0 Å². The molecule has 0 aliphatic carbocycles. The largest absolute Gasteiger partial charge is 0.310 e. The van der Waals surface area contributed by atoms with Crippen LogP contribution in [0.25, 0.3) is 0 Å². The fourth-order valence-electron chi connectivity index (χ4n) is 2.48. The molecule has 0 bridgehead atoms. The summed E-state index contributed by atoms with van der Waals surface area (Å²) in [6.45, 7) is 12.0. The zero-order valence-corrected chi connectivity index (χ0v) is 11.2. The fourth-order valence-corrected chi connectivity index (χ4v) is 2.48. The van der Waals surface area contributed by atoms with Crippen LogP contribution in [0.4, 0.5) is 0 Å². The van der Waals surface area contributed by atoms with Gasteiger partial charge in [-0.05, 0) is 40.3 Å². The van der Waals surface area contributed by atoms with Gasteiger partial charge in [-0.3, -0.25) is 9.58 Å². The Morgan fingerprint density at radius 2 is 2.29 bits per heavy atom. The van der Waals surface area contributed by atoms with E-state index in [4.69, 9.17) is 0 Å². The molecule has 1 aromatic heterocycles. The van der Waals surface area contributed by atoms with Crippen LogP contribution in [-0.2, 0) is 13.1 Å². The number of aryl methyl sites for hydroxylation is 1. The van der Waals surface area contributed by atoms with Crippen molar-refractivity contribution in [1.82, 2.24) is 20.0 Å². The maximum atomic E-state index is 4.33. The smallest absolute Gasteiger partial charge is 0.0534 e. The van der Waals surface area contributed by atoms with Crippen LogP contribution in [-0.4, -0.2) is 39.9 Å². The molecule has 1 aromatic rings. The average Bonchev–Trinajstić information content (AvgIpc) is 2.64. The Labute approximate surface area is 104 Å². The van der Waals surface area contributed by atoms with Gasteiger partial charge in [0.1, 0.15) is 0 Å². The van der Waals surface area contributed by atoms with E-state index >= 15 is 0 Å². The highest BCUT2D eigenvalue weighted by Gasteiger charge is 2.23. The van der Waals surface area contributed by atoms with Crippen LogP contribution >= 0.6 is 0 Å². The predicted molar refractivity (Wildman–Crippen MR) is 69.9 cm³/mol. The second-order valence-corrected chi connectivity index (χ2v) is 5.58. The maximum Gasteiger partial charge on any atom is 0.0534 e. The van der Waals surface area contributed by atoms with Crippen molar-refractivity contribution in [3.63, 3.8) is 0 Å². The number of hydrogen-bond acceptors (Lipinski definition) is 3. The number of rotatable bonds is 3. The van der Waals surface area contributed by atoms with E-state index in [0.29, 0.717) is 0 Å². The van der Waals surface area contributed by atoms with Crippen LogP contribution in [0.1, 0.15) is 32.8 Å². The molecule has 0 spiro atoms. The molecular formula is C13H24N4. The van der Waals surface area contributed by atoms with Gasteiger partial charge in [0, 0.05) is 36.9 Å². The van der Waals surface area contributed by atoms with E-state index in [0.717, 1.165) is 26.2 Å². The summed E-state index contributed by atoms with van der Waals surface area (Å²) < 4.78 is 2.00. The highest BCUT2D eigenvalue weighted by Crippen LogP contribution is 2.13. The lowest BCUT2D eigenvalue weighted by molar-refractivity contribution is 0.224. The second kappa shape index (κ2) is 5.19. The second-order valence-electron chi connectivity index (χ2n) is 5.58. The third kappa shape index (κ3) is 3.54. The van der Waals surface area contributed by atoms with Gasteiger partial charge in [-0.25, -0.2) is 0 Å². The molecule has 4 heteroatoms. The molecule has 96 valence electrons. The summed E-state index contributed by atoms with van der Waals surface area (Å²) in [5, 5.41) is 7.92. The third-order valence-corrected chi connectivity index (χ3v) is 3.29. The first-order valence-electron chi connectivity index (χ1n) is 6.58. The quantitative estimate of drug-likeness (QED) is 0.863. The molecule has 1 aliphatic heterocycles. The standard InChI is InChI=1S/C13H24N4/c1-4-17-10-12(8-15-17)9-16-7-5-6-14-13(2,3)11-16/h8,10,14H,4-7,9,11H2,1-3H3. The van der Waals surface area contributed by atoms with E-state index in [9.17, 15) is 0 Å². The summed E-state index contributed by atoms with van der Waals surface area (Å²) in [5.41, 5.74) is 1.54. The van der Waals surface area contributed by atoms with Crippen LogP contribution in [0, 0.1) is 0 Å². The maximum absolute atomic E-state index is 4.33. The van der Waals surface area contributed by atoms with Crippen LogP contribution in [0.5, 0.6) is 0 Å². The molecule has 17 heavy (non-hydrogen) atoms. The van der Waals surface area contributed by atoms with Gasteiger partial charge in [0.15, 0.2) is 0 Å². The number of nitrogens with zero attached hydrogens (tertiary/aromatic N) is 3. The first-order chi connectivity index (χ1) is 8.09. The van der Waals surface area contributed by atoms with Gasteiger partial charge < -0.3 is 5.32 Å². The number of aromatic nitrogens is 2. The Morgan fingerprint density at radius 3 is 3.00 bits per heavy atom. The summed E-state index contributed by atoms with van der Waals surface area (Å²) in [6.07, 6.45) is 5.38. The molecule has 1 saturated heterocycles. The van der Waals surface area contributed by atoms with E-state index in [1.165, 1.54) is 18.5 Å². The minimum atomic E-state index is 0.219. The monoisotopic (exact) mass is 236 g/mol. The molecule has 1 N–H and O–H groups in total. The summed E-state index contributed by atoms with van der Waals surface area (Å²) >= 11 is 0. The van der Waals surface area contributed by atoms with E-state index in [1.54, 1.807) is 0 Å². The SMILES string of the molecule is CCn1cc(CN2CCCNC(C)(C)C2)cn1. The van der Waals surface area contributed by atoms with E-state index in [1.807, 2.05) is 10.9 Å². The Morgan fingerprint density at radius 1 is 1.47 bits per heavy atom. The Bertz CT molecular complexity index is 356. The van der Waals surface area contributed by atoms with Crippen molar-refractivity contribution < 1.29 is 0 Å². The molecule has 0 atom stereocenters. The predicted octanol–water partition coefficient (Wildman–Crippen LogP) is 1.48. The van der Waals surface area contributed by atoms with Crippen molar-refractivity contribution in [2.24, 2.45) is 0 Å². The Hall–Kier alpha value is -0.870. The average molecular weight is 236 g/mol. The summed E-state index contributed by atoms with van der Waals surface area (Å²) in [7, 11) is 0. The molecular weight excluding hydrogens is 212 g/mol. The molecule has 4 nitrogen and oxygen atoms in total. The summed E-state index contributed by atoms with van der Waals surface area (Å²) in [4.78, 5) is 2.52. The van der Waals surface area contributed by atoms with Crippen LogP contribution in [0.15, 0.2) is 12.4 Å². The first-order valence-corrected chi connectivity index (χ1v) is 6.58. The minimum Gasteiger partial charge on any atom is -0.310 e. The van der Waals surface area contributed by atoms with Gasteiger partial charge >= 0.3 is 0 Å². The lowest BCUT2D eigenvalue weighted by Gasteiger charge is -2.29. The topological polar surface area (TPSA) is 33.1 Å². The molecule has 0 saturated carbocycles. The highest BCUT2D eigenvalue weighted by atomic mass is 15.3. The molecule has 0 unspecified atom stereocenters. The molecule has 0 amide bonds. The first kappa shape index (κ1) is 12.6. The Balaban J connectivity index is 1.97. The molecule has 2 rings (SSSR count). The number of nitrogens with one attached hydrogen (secondary N) is 1. The van der Waals surface area contributed by atoms with Crippen molar-refractivity contribution in [2.75, 3.05) is 19.6 Å². The zero-order valence-electron chi connectivity index (χ0n) is 11.2. The van der Waals surface area contributed by atoms with E-state index in [2.05, 4.69) is 42.3 Å². The van der Waals surface area contributed by atoms with Crippen molar-refractivity contribution >= 4 is 0 Å². The van der Waals surface area contributed by atoms with E-state index in [-0.39, 0.29) is 5.54 Å². The number of hydrogen-bond donors (Lipinski definition) is 1. The molecule has 0 aromatic carbocycles. The molecule has 0 radical (unpaired) electrons. The summed E-state index contributed by atoms with van der Waals surface area (Å²) in [6, 6.07) is 0. The molecule has 1 fully saturated rings. The van der Waals surface area contributed by atoms with Gasteiger partial charge in [0.25, 0.3) is 0 Å². The molecule has 1 aliphatic rings. The van der Waals surface area contributed by atoms with Crippen LogP contribution in [0.2, 0.25) is 0 Å². The fraction of sp³-hybridized carbons (Fsp3) is 0.769. The van der Waals surface area contributed by atoms with Crippen LogP contribution < -0.4 is 5.32 Å². The van der Waals surface area contributed by atoms with E-state index < -0.39 is 0 Å². The third-order valence-electron chi connectivity index (χ3n) is 3.29. The van der Waals surface area contributed by atoms with Gasteiger partial charge in [0.2, 0.25) is 0 Å². The highest BCUT2D eigenvalue weighted by molar-refractivity contribution is 5.04. The minimum absolute atomic E-state index is 0.219. The van der Waals surface area contributed by atoms with Gasteiger partial charge in [-0.1, -0.05) is 0 Å².